The van der Waals surface area contributed by atoms with Crippen LogP contribution in [0.15, 0.2) is 54.6 Å². The van der Waals surface area contributed by atoms with Gasteiger partial charge < -0.3 is 10.4 Å². The van der Waals surface area contributed by atoms with E-state index in [1.54, 1.807) is 0 Å². The minimum Gasteiger partial charge on any atom is -0.394 e. The van der Waals surface area contributed by atoms with E-state index >= 15 is 0 Å². The number of aryl methyl sites for hydroxylation is 1. The van der Waals surface area contributed by atoms with Gasteiger partial charge in [0.2, 0.25) is 0 Å². The molecule has 2 aromatic rings. The van der Waals surface area contributed by atoms with E-state index in [1.165, 1.54) is 11.1 Å². The first kappa shape index (κ1) is 12.7. The van der Waals surface area contributed by atoms with E-state index in [1.807, 2.05) is 30.3 Å². The molecule has 0 spiro atoms. The number of hydrogen-bond donors (Lipinski definition) is 2. The van der Waals surface area contributed by atoms with E-state index in [9.17, 15) is 5.11 Å². The first-order chi connectivity index (χ1) is 8.78. The van der Waals surface area contributed by atoms with E-state index in [4.69, 9.17) is 0 Å². The van der Waals surface area contributed by atoms with E-state index in [2.05, 4.69) is 36.5 Å². The molecule has 0 fully saturated rings. The van der Waals surface area contributed by atoms with Crippen LogP contribution in [0, 0.1) is 6.92 Å². The molecule has 2 N–H and O–H groups in total. The summed E-state index contributed by atoms with van der Waals surface area (Å²) in [6.45, 7) is 2.19. The lowest BCUT2D eigenvalue weighted by atomic mass is 10.1. The number of nitrogens with one attached hydrogen (secondary N) is 1. The zero-order valence-corrected chi connectivity index (χ0v) is 10.6. The zero-order valence-electron chi connectivity index (χ0n) is 10.6. The molecule has 0 heterocycles. The minimum atomic E-state index is 0.0510. The molecule has 94 valence electrons. The summed E-state index contributed by atoms with van der Waals surface area (Å²) in [6.07, 6.45) is 0.825. The van der Waals surface area contributed by atoms with Crippen molar-refractivity contribution in [2.75, 3.05) is 11.9 Å². The molecule has 0 saturated carbocycles. The van der Waals surface area contributed by atoms with Gasteiger partial charge in [0.1, 0.15) is 0 Å². The van der Waals surface area contributed by atoms with Gasteiger partial charge in [-0.1, -0.05) is 48.0 Å². The molecule has 0 amide bonds. The Labute approximate surface area is 108 Å². The summed E-state index contributed by atoms with van der Waals surface area (Å²) in [5.74, 6) is 0. The maximum Gasteiger partial charge on any atom is 0.0636 e. The molecule has 0 bridgehead atoms. The maximum absolute atomic E-state index is 9.44. The van der Waals surface area contributed by atoms with Crippen molar-refractivity contribution in [1.82, 2.24) is 0 Å². The Morgan fingerprint density at radius 3 is 2.28 bits per heavy atom. The second kappa shape index (κ2) is 6.22. The molecule has 0 aromatic heterocycles. The van der Waals surface area contributed by atoms with Crippen LogP contribution in [0.4, 0.5) is 5.69 Å². The predicted molar refractivity (Wildman–Crippen MR) is 75.8 cm³/mol. The molecule has 0 radical (unpaired) electrons. The lowest BCUT2D eigenvalue weighted by Gasteiger charge is -2.17. The normalized spacial score (nSPS) is 12.1. The van der Waals surface area contributed by atoms with Crippen LogP contribution >= 0.6 is 0 Å². The summed E-state index contributed by atoms with van der Waals surface area (Å²) in [4.78, 5) is 0. The summed E-state index contributed by atoms with van der Waals surface area (Å²) >= 11 is 0. The molecule has 0 aliphatic carbocycles. The highest BCUT2D eigenvalue weighted by Gasteiger charge is 2.07. The summed E-state index contributed by atoms with van der Waals surface area (Å²) in [6, 6.07) is 18.5. The lowest BCUT2D eigenvalue weighted by Crippen LogP contribution is -2.26. The number of anilines is 1. The van der Waals surface area contributed by atoms with Gasteiger partial charge in [-0.2, -0.15) is 0 Å². The molecular weight excluding hydrogens is 222 g/mol. The van der Waals surface area contributed by atoms with Gasteiger partial charge in [0.25, 0.3) is 0 Å². The van der Waals surface area contributed by atoms with Crippen molar-refractivity contribution in [3.8, 4) is 0 Å². The highest BCUT2D eigenvalue weighted by Crippen LogP contribution is 2.12. The van der Waals surface area contributed by atoms with Crippen LogP contribution in [0.2, 0.25) is 0 Å². The van der Waals surface area contributed by atoms with Crippen molar-refractivity contribution in [2.24, 2.45) is 0 Å². The van der Waals surface area contributed by atoms with E-state index in [-0.39, 0.29) is 12.6 Å². The molecule has 0 saturated heterocycles. The monoisotopic (exact) mass is 241 g/mol. The topological polar surface area (TPSA) is 32.3 Å². The predicted octanol–water partition coefficient (Wildman–Crippen LogP) is 3.01. The zero-order chi connectivity index (χ0) is 12.8. The minimum absolute atomic E-state index is 0.0510. The maximum atomic E-state index is 9.44. The molecule has 0 aliphatic heterocycles. The van der Waals surface area contributed by atoms with Gasteiger partial charge in [-0.15, -0.1) is 0 Å². The Kier molecular flexibility index (Phi) is 4.37. The van der Waals surface area contributed by atoms with Gasteiger partial charge in [0.05, 0.1) is 12.6 Å². The number of benzene rings is 2. The lowest BCUT2D eigenvalue weighted by molar-refractivity contribution is 0.273. The smallest absolute Gasteiger partial charge is 0.0636 e. The van der Waals surface area contributed by atoms with Crippen molar-refractivity contribution in [3.63, 3.8) is 0 Å². The summed E-state index contributed by atoms with van der Waals surface area (Å²) in [5, 5.41) is 12.8. The third-order valence-corrected chi connectivity index (χ3v) is 2.97. The van der Waals surface area contributed by atoms with Crippen molar-refractivity contribution in [1.29, 1.82) is 0 Å². The molecule has 0 aliphatic rings. The number of aliphatic hydroxyl groups is 1. The Morgan fingerprint density at radius 1 is 1.00 bits per heavy atom. The number of aliphatic hydroxyl groups excluding tert-OH is 1. The fourth-order valence-corrected chi connectivity index (χ4v) is 1.95. The van der Waals surface area contributed by atoms with Crippen molar-refractivity contribution in [2.45, 2.75) is 19.4 Å². The summed E-state index contributed by atoms with van der Waals surface area (Å²) < 4.78 is 0. The molecule has 2 rings (SSSR count). The molecule has 2 nitrogen and oxygen atoms in total. The summed E-state index contributed by atoms with van der Waals surface area (Å²) in [5.41, 5.74) is 3.52. The molecule has 18 heavy (non-hydrogen) atoms. The average molecular weight is 241 g/mol. The quantitative estimate of drug-likeness (QED) is 0.843. The first-order valence-electron chi connectivity index (χ1n) is 6.26. The molecule has 2 aromatic carbocycles. The second-order valence-corrected chi connectivity index (χ2v) is 4.58. The number of hydrogen-bond acceptors (Lipinski definition) is 2. The highest BCUT2D eigenvalue weighted by atomic mass is 16.3. The van der Waals surface area contributed by atoms with Crippen LogP contribution in [0.3, 0.4) is 0 Å². The van der Waals surface area contributed by atoms with Crippen LogP contribution in [0.25, 0.3) is 0 Å². The van der Waals surface area contributed by atoms with Crippen molar-refractivity contribution >= 4 is 5.69 Å². The average Bonchev–Trinajstić information content (AvgIpc) is 2.41. The molecule has 2 heteroatoms. The first-order valence-corrected chi connectivity index (χ1v) is 6.26. The third-order valence-electron chi connectivity index (χ3n) is 2.97. The standard InChI is InChI=1S/C16H19NO/c1-13-7-9-15(10-8-13)17-16(12-18)11-14-5-3-2-4-6-14/h2-10,16-18H,11-12H2,1H3. The fraction of sp³-hybridized carbons (Fsp3) is 0.250. The van der Waals surface area contributed by atoms with Crippen molar-refractivity contribution in [3.05, 3.63) is 65.7 Å². The fourth-order valence-electron chi connectivity index (χ4n) is 1.95. The number of rotatable bonds is 5. The SMILES string of the molecule is Cc1ccc(NC(CO)Cc2ccccc2)cc1. The van der Waals surface area contributed by atoms with Gasteiger partial charge in [-0.05, 0) is 31.0 Å². The Morgan fingerprint density at radius 2 is 1.67 bits per heavy atom. The molecular formula is C16H19NO. The third kappa shape index (κ3) is 3.60. The van der Waals surface area contributed by atoms with E-state index in [0.717, 1.165) is 12.1 Å². The van der Waals surface area contributed by atoms with Gasteiger partial charge in [-0.25, -0.2) is 0 Å². The van der Waals surface area contributed by atoms with Gasteiger partial charge in [-0.3, -0.25) is 0 Å². The van der Waals surface area contributed by atoms with Crippen LogP contribution in [0.5, 0.6) is 0 Å². The Bertz CT molecular complexity index is 464. The molecule has 1 atom stereocenters. The summed E-state index contributed by atoms with van der Waals surface area (Å²) in [7, 11) is 0. The van der Waals surface area contributed by atoms with Gasteiger partial charge in [0, 0.05) is 5.69 Å². The van der Waals surface area contributed by atoms with Gasteiger partial charge >= 0.3 is 0 Å². The van der Waals surface area contributed by atoms with E-state index in [0.29, 0.717) is 0 Å². The van der Waals surface area contributed by atoms with Crippen LogP contribution < -0.4 is 5.32 Å². The van der Waals surface area contributed by atoms with Crippen LogP contribution in [-0.2, 0) is 6.42 Å². The van der Waals surface area contributed by atoms with Crippen LogP contribution in [-0.4, -0.2) is 17.8 Å². The van der Waals surface area contributed by atoms with Gasteiger partial charge in [0.15, 0.2) is 0 Å². The second-order valence-electron chi connectivity index (χ2n) is 4.58. The highest BCUT2D eigenvalue weighted by molar-refractivity contribution is 5.45. The largest absolute Gasteiger partial charge is 0.394 e. The van der Waals surface area contributed by atoms with Crippen molar-refractivity contribution < 1.29 is 5.11 Å². The van der Waals surface area contributed by atoms with E-state index < -0.39 is 0 Å². The Hall–Kier alpha value is -1.80. The molecule has 1 unspecified atom stereocenters. The Balaban J connectivity index is 1.99. The van der Waals surface area contributed by atoms with Crippen LogP contribution in [0.1, 0.15) is 11.1 Å².